The monoisotopic (exact) mass is 231 g/mol. The molecule has 0 radical (unpaired) electrons. The lowest BCUT2D eigenvalue weighted by molar-refractivity contribution is -0.143. The summed E-state index contributed by atoms with van der Waals surface area (Å²) >= 11 is 0. The Morgan fingerprint density at radius 3 is 2.44 bits per heavy atom. The number of ether oxygens (including phenoxy) is 2. The molecule has 1 aliphatic heterocycles. The van der Waals surface area contributed by atoms with Gasteiger partial charge in [0, 0.05) is 13.0 Å². The minimum atomic E-state index is -1.01. The maximum absolute atomic E-state index is 11.4. The Balaban J connectivity index is 2.37. The predicted molar refractivity (Wildman–Crippen MR) is 54.7 cm³/mol. The van der Waals surface area contributed by atoms with Gasteiger partial charge in [-0.1, -0.05) is 0 Å². The van der Waals surface area contributed by atoms with E-state index in [1.807, 2.05) is 0 Å². The van der Waals surface area contributed by atoms with E-state index in [9.17, 15) is 14.7 Å². The Morgan fingerprint density at radius 1 is 1.38 bits per heavy atom. The number of rotatable bonds is 1. The second-order valence-corrected chi connectivity index (χ2v) is 4.74. The number of β-amino-alcohol motifs (C(OH)–C–C–N with tert-alkyl or cyclic N) is 1. The number of nitrogens with one attached hydrogen (secondary N) is 1. The van der Waals surface area contributed by atoms with E-state index >= 15 is 0 Å². The zero-order chi connectivity index (χ0) is 12.3. The molecule has 0 aromatic rings. The summed E-state index contributed by atoms with van der Waals surface area (Å²) < 4.78 is 9.31. The van der Waals surface area contributed by atoms with Gasteiger partial charge in [-0.2, -0.15) is 0 Å². The minimum absolute atomic E-state index is 0.252. The van der Waals surface area contributed by atoms with Crippen LogP contribution in [0, 0.1) is 0 Å². The molecule has 1 unspecified atom stereocenters. The molecular formula is C10H17NO5. The number of hydrogen-bond acceptors (Lipinski definition) is 6. The topological polar surface area (TPSA) is 84.9 Å². The number of aliphatic hydroxyl groups is 1. The molecule has 1 heterocycles. The summed E-state index contributed by atoms with van der Waals surface area (Å²) in [4.78, 5) is 22.5. The summed E-state index contributed by atoms with van der Waals surface area (Å²) in [7, 11) is 0. The van der Waals surface area contributed by atoms with Crippen LogP contribution in [-0.2, 0) is 14.3 Å². The fraction of sp³-hybridized carbons (Fsp3) is 0.800. The summed E-state index contributed by atoms with van der Waals surface area (Å²) in [6.07, 6.45) is -1.33. The smallest absolute Gasteiger partial charge is 0.428 e. The molecule has 16 heavy (non-hydrogen) atoms. The van der Waals surface area contributed by atoms with Gasteiger partial charge in [0.15, 0.2) is 0 Å². The molecule has 6 nitrogen and oxygen atoms in total. The van der Waals surface area contributed by atoms with Crippen molar-refractivity contribution in [3.63, 3.8) is 0 Å². The molecule has 92 valence electrons. The molecule has 0 aromatic heterocycles. The first kappa shape index (κ1) is 12.9. The third-order valence-electron chi connectivity index (χ3n) is 1.97. The first-order valence-corrected chi connectivity index (χ1v) is 5.14. The SMILES string of the molecule is CC(C)(C)OC(=O)OC(=O)[C@H]1CC(O)CN1. The van der Waals surface area contributed by atoms with Crippen molar-refractivity contribution in [2.75, 3.05) is 6.54 Å². The Kier molecular flexibility index (Phi) is 3.88. The second-order valence-electron chi connectivity index (χ2n) is 4.74. The van der Waals surface area contributed by atoms with Crippen molar-refractivity contribution in [1.29, 1.82) is 0 Å². The highest BCUT2D eigenvalue weighted by molar-refractivity contribution is 5.85. The van der Waals surface area contributed by atoms with Crippen molar-refractivity contribution < 1.29 is 24.2 Å². The molecule has 6 heteroatoms. The number of esters is 1. The highest BCUT2D eigenvalue weighted by Gasteiger charge is 2.31. The molecule has 0 aliphatic carbocycles. The van der Waals surface area contributed by atoms with Crippen LogP contribution in [0.25, 0.3) is 0 Å². The van der Waals surface area contributed by atoms with Crippen molar-refractivity contribution in [1.82, 2.24) is 5.32 Å². The molecule has 0 bridgehead atoms. The van der Waals surface area contributed by atoms with Gasteiger partial charge in [0.1, 0.15) is 11.6 Å². The molecule has 0 saturated carbocycles. The van der Waals surface area contributed by atoms with E-state index in [0.717, 1.165) is 0 Å². The Bertz CT molecular complexity index is 283. The maximum Gasteiger partial charge on any atom is 0.516 e. The lowest BCUT2D eigenvalue weighted by atomic mass is 10.2. The molecule has 1 fully saturated rings. The van der Waals surface area contributed by atoms with Crippen LogP contribution in [0.2, 0.25) is 0 Å². The van der Waals surface area contributed by atoms with E-state index in [2.05, 4.69) is 10.1 Å². The zero-order valence-corrected chi connectivity index (χ0v) is 9.65. The van der Waals surface area contributed by atoms with E-state index in [0.29, 0.717) is 6.54 Å². The summed E-state index contributed by atoms with van der Waals surface area (Å²) in [6.45, 7) is 5.36. The van der Waals surface area contributed by atoms with Crippen molar-refractivity contribution in [2.24, 2.45) is 0 Å². The van der Waals surface area contributed by atoms with Gasteiger partial charge in [0.05, 0.1) is 6.10 Å². The summed E-state index contributed by atoms with van der Waals surface area (Å²) in [6, 6.07) is -0.637. The van der Waals surface area contributed by atoms with Crippen molar-refractivity contribution in [2.45, 2.75) is 44.9 Å². The van der Waals surface area contributed by atoms with Gasteiger partial charge in [0.25, 0.3) is 0 Å². The number of hydrogen-bond donors (Lipinski definition) is 2. The molecule has 0 amide bonds. The van der Waals surface area contributed by atoms with E-state index in [1.54, 1.807) is 20.8 Å². The van der Waals surface area contributed by atoms with Gasteiger partial charge in [0.2, 0.25) is 0 Å². The molecule has 1 saturated heterocycles. The molecular weight excluding hydrogens is 214 g/mol. The van der Waals surface area contributed by atoms with Crippen LogP contribution in [0.1, 0.15) is 27.2 Å². The van der Waals surface area contributed by atoms with Gasteiger partial charge < -0.3 is 19.9 Å². The fourth-order valence-electron chi connectivity index (χ4n) is 1.32. The van der Waals surface area contributed by atoms with Gasteiger partial charge in [-0.25, -0.2) is 9.59 Å². The average Bonchev–Trinajstić information content (AvgIpc) is 2.47. The molecule has 2 atom stereocenters. The van der Waals surface area contributed by atoms with Gasteiger partial charge in [-0.3, -0.25) is 0 Å². The minimum Gasteiger partial charge on any atom is -0.428 e. The van der Waals surface area contributed by atoms with Gasteiger partial charge >= 0.3 is 12.1 Å². The first-order chi connectivity index (χ1) is 7.28. The highest BCUT2D eigenvalue weighted by atomic mass is 16.7. The number of carbonyl (C=O) groups excluding carboxylic acids is 2. The maximum atomic E-state index is 11.4. The van der Waals surface area contributed by atoms with E-state index < -0.39 is 29.9 Å². The van der Waals surface area contributed by atoms with Crippen LogP contribution in [0.5, 0.6) is 0 Å². The predicted octanol–water partition coefficient (Wildman–Crippen LogP) is 0.187. The Labute approximate surface area is 93.9 Å². The fourth-order valence-corrected chi connectivity index (χ4v) is 1.32. The lowest BCUT2D eigenvalue weighted by Gasteiger charge is -2.18. The van der Waals surface area contributed by atoms with E-state index in [1.165, 1.54) is 0 Å². The van der Waals surface area contributed by atoms with Crippen LogP contribution in [-0.4, -0.2) is 41.5 Å². The quantitative estimate of drug-likeness (QED) is 0.495. The second kappa shape index (κ2) is 4.80. The lowest BCUT2D eigenvalue weighted by Crippen LogP contribution is -2.35. The average molecular weight is 231 g/mol. The van der Waals surface area contributed by atoms with Crippen LogP contribution in [0.3, 0.4) is 0 Å². The molecule has 1 aliphatic rings. The van der Waals surface area contributed by atoms with Crippen LogP contribution in [0.15, 0.2) is 0 Å². The van der Waals surface area contributed by atoms with Crippen molar-refractivity contribution >= 4 is 12.1 Å². The van der Waals surface area contributed by atoms with Gasteiger partial charge in [-0.15, -0.1) is 0 Å². The third-order valence-corrected chi connectivity index (χ3v) is 1.97. The Morgan fingerprint density at radius 2 is 2.00 bits per heavy atom. The van der Waals surface area contributed by atoms with Crippen molar-refractivity contribution in [3.8, 4) is 0 Å². The van der Waals surface area contributed by atoms with Gasteiger partial charge in [-0.05, 0) is 20.8 Å². The standard InChI is InChI=1S/C10H17NO5/c1-10(2,3)16-9(14)15-8(13)7-4-6(12)5-11-7/h6-7,11-12H,4-5H2,1-3H3/t6?,7-/m1/s1. The van der Waals surface area contributed by atoms with E-state index in [-0.39, 0.29) is 6.42 Å². The summed E-state index contributed by atoms with van der Waals surface area (Å²) in [5.41, 5.74) is -0.694. The van der Waals surface area contributed by atoms with Crippen LogP contribution in [0.4, 0.5) is 4.79 Å². The molecule has 1 rings (SSSR count). The highest BCUT2D eigenvalue weighted by Crippen LogP contribution is 2.11. The Hall–Kier alpha value is -1.14. The first-order valence-electron chi connectivity index (χ1n) is 5.14. The van der Waals surface area contributed by atoms with Crippen LogP contribution < -0.4 is 5.32 Å². The third kappa shape index (κ3) is 4.16. The zero-order valence-electron chi connectivity index (χ0n) is 9.65. The number of aliphatic hydroxyl groups excluding tert-OH is 1. The molecule has 0 spiro atoms. The van der Waals surface area contributed by atoms with Crippen LogP contribution >= 0.6 is 0 Å². The molecule has 2 N–H and O–H groups in total. The van der Waals surface area contributed by atoms with Crippen molar-refractivity contribution in [3.05, 3.63) is 0 Å². The molecule has 0 aromatic carbocycles. The number of carbonyl (C=O) groups is 2. The normalized spacial score (nSPS) is 25.2. The van der Waals surface area contributed by atoms with E-state index in [4.69, 9.17) is 4.74 Å². The summed E-state index contributed by atoms with van der Waals surface area (Å²) in [5, 5.41) is 11.9. The largest absolute Gasteiger partial charge is 0.516 e. The summed E-state index contributed by atoms with van der Waals surface area (Å²) in [5.74, 6) is -0.717.